The molecule has 1 aliphatic rings. The van der Waals surface area contributed by atoms with Crippen LogP contribution < -0.4 is 20.5 Å². The van der Waals surface area contributed by atoms with Gasteiger partial charge in [0, 0.05) is 19.2 Å². The Hall–Kier alpha value is -1.95. The summed E-state index contributed by atoms with van der Waals surface area (Å²) in [5, 5.41) is 3.11. The SMILES string of the molecule is CCN1CCCC(CN=C(N)Nc2cc(OC)ccc2OC)C1. The number of nitrogens with zero attached hydrogens (tertiary/aromatic N) is 2. The highest BCUT2D eigenvalue weighted by Gasteiger charge is 2.18. The largest absolute Gasteiger partial charge is 0.497 e. The maximum absolute atomic E-state index is 6.03. The Bertz CT molecular complexity index is 533. The van der Waals surface area contributed by atoms with Crippen molar-refractivity contribution in [3.63, 3.8) is 0 Å². The number of methoxy groups -OCH3 is 2. The summed E-state index contributed by atoms with van der Waals surface area (Å²) >= 11 is 0. The monoisotopic (exact) mass is 320 g/mol. The average Bonchev–Trinajstić information content (AvgIpc) is 2.60. The number of nitrogens with two attached hydrogens (primary N) is 1. The summed E-state index contributed by atoms with van der Waals surface area (Å²) in [5.74, 6) is 2.44. The Morgan fingerprint density at radius 1 is 1.39 bits per heavy atom. The Morgan fingerprint density at radius 3 is 2.91 bits per heavy atom. The maximum atomic E-state index is 6.03. The average molecular weight is 320 g/mol. The second kappa shape index (κ2) is 8.62. The van der Waals surface area contributed by atoms with Crippen molar-refractivity contribution in [2.75, 3.05) is 45.7 Å². The lowest BCUT2D eigenvalue weighted by molar-refractivity contribution is 0.187. The highest BCUT2D eigenvalue weighted by molar-refractivity contribution is 5.94. The van der Waals surface area contributed by atoms with Gasteiger partial charge in [0.05, 0.1) is 19.9 Å². The van der Waals surface area contributed by atoms with Gasteiger partial charge >= 0.3 is 0 Å². The molecule has 1 heterocycles. The minimum absolute atomic E-state index is 0.408. The molecule has 0 amide bonds. The van der Waals surface area contributed by atoms with Crippen LogP contribution >= 0.6 is 0 Å². The van der Waals surface area contributed by atoms with Crippen LogP contribution in [0.25, 0.3) is 0 Å². The van der Waals surface area contributed by atoms with E-state index in [1.165, 1.54) is 19.4 Å². The Labute approximate surface area is 138 Å². The zero-order valence-electron chi connectivity index (χ0n) is 14.3. The van der Waals surface area contributed by atoms with Gasteiger partial charge < -0.3 is 25.4 Å². The minimum Gasteiger partial charge on any atom is -0.497 e. The summed E-state index contributed by atoms with van der Waals surface area (Å²) in [6.07, 6.45) is 2.46. The van der Waals surface area contributed by atoms with Gasteiger partial charge in [-0.15, -0.1) is 0 Å². The molecule has 0 radical (unpaired) electrons. The number of anilines is 1. The third-order valence-electron chi connectivity index (χ3n) is 4.24. The molecule has 1 fully saturated rings. The summed E-state index contributed by atoms with van der Waals surface area (Å²) in [6.45, 7) is 6.37. The van der Waals surface area contributed by atoms with Crippen LogP contribution in [0.3, 0.4) is 0 Å². The molecule has 1 aromatic carbocycles. The lowest BCUT2D eigenvalue weighted by Crippen LogP contribution is -2.36. The summed E-state index contributed by atoms with van der Waals surface area (Å²) in [6, 6.07) is 5.54. The molecule has 0 saturated carbocycles. The highest BCUT2D eigenvalue weighted by atomic mass is 16.5. The molecular weight excluding hydrogens is 292 g/mol. The van der Waals surface area contributed by atoms with Crippen LogP contribution in [0.5, 0.6) is 11.5 Å². The van der Waals surface area contributed by atoms with Crippen molar-refractivity contribution < 1.29 is 9.47 Å². The number of benzene rings is 1. The van der Waals surface area contributed by atoms with Crippen LogP contribution in [0.15, 0.2) is 23.2 Å². The first-order valence-corrected chi connectivity index (χ1v) is 8.17. The molecular formula is C17H28N4O2. The van der Waals surface area contributed by atoms with Gasteiger partial charge in [-0.2, -0.15) is 0 Å². The van der Waals surface area contributed by atoms with Crippen molar-refractivity contribution >= 4 is 11.6 Å². The van der Waals surface area contributed by atoms with Gasteiger partial charge in [0.15, 0.2) is 5.96 Å². The number of likely N-dealkylation sites (tertiary alicyclic amines) is 1. The molecule has 1 aromatic rings. The van der Waals surface area contributed by atoms with Crippen molar-refractivity contribution in [3.8, 4) is 11.5 Å². The number of hydrogen-bond donors (Lipinski definition) is 2. The molecule has 1 atom stereocenters. The Morgan fingerprint density at radius 2 is 2.22 bits per heavy atom. The summed E-state index contributed by atoms with van der Waals surface area (Å²) < 4.78 is 10.6. The summed E-state index contributed by atoms with van der Waals surface area (Å²) in [4.78, 5) is 6.97. The zero-order chi connectivity index (χ0) is 16.7. The van der Waals surface area contributed by atoms with Crippen LogP contribution in [0.2, 0.25) is 0 Å². The van der Waals surface area contributed by atoms with Crippen molar-refractivity contribution in [3.05, 3.63) is 18.2 Å². The quantitative estimate of drug-likeness (QED) is 0.621. The Kier molecular flexibility index (Phi) is 6.52. The van der Waals surface area contributed by atoms with Crippen LogP contribution in [-0.2, 0) is 0 Å². The van der Waals surface area contributed by atoms with Crippen LogP contribution in [0.1, 0.15) is 19.8 Å². The normalized spacial score (nSPS) is 19.4. The number of nitrogens with one attached hydrogen (secondary N) is 1. The van der Waals surface area contributed by atoms with E-state index in [2.05, 4.69) is 22.1 Å². The highest BCUT2D eigenvalue weighted by Crippen LogP contribution is 2.28. The minimum atomic E-state index is 0.408. The van der Waals surface area contributed by atoms with Crippen molar-refractivity contribution in [2.45, 2.75) is 19.8 Å². The zero-order valence-corrected chi connectivity index (χ0v) is 14.3. The maximum Gasteiger partial charge on any atom is 0.193 e. The fraction of sp³-hybridized carbons (Fsp3) is 0.588. The molecule has 1 saturated heterocycles. The van der Waals surface area contributed by atoms with E-state index in [1.807, 2.05) is 18.2 Å². The Balaban J connectivity index is 1.96. The van der Waals surface area contributed by atoms with E-state index in [0.29, 0.717) is 17.6 Å². The van der Waals surface area contributed by atoms with Gasteiger partial charge in [0.25, 0.3) is 0 Å². The molecule has 23 heavy (non-hydrogen) atoms. The van der Waals surface area contributed by atoms with Gasteiger partial charge in [-0.25, -0.2) is 0 Å². The summed E-state index contributed by atoms with van der Waals surface area (Å²) in [7, 11) is 3.26. The molecule has 6 heteroatoms. The van der Waals surface area contributed by atoms with Gasteiger partial charge in [0.1, 0.15) is 11.5 Å². The van der Waals surface area contributed by atoms with Gasteiger partial charge in [0.2, 0.25) is 0 Å². The van der Waals surface area contributed by atoms with E-state index < -0.39 is 0 Å². The molecule has 1 unspecified atom stereocenters. The fourth-order valence-corrected chi connectivity index (χ4v) is 2.90. The lowest BCUT2D eigenvalue weighted by atomic mass is 9.98. The van der Waals surface area contributed by atoms with Gasteiger partial charge in [-0.1, -0.05) is 6.92 Å². The smallest absolute Gasteiger partial charge is 0.193 e. The van der Waals surface area contributed by atoms with Crippen molar-refractivity contribution in [1.29, 1.82) is 0 Å². The predicted molar refractivity (Wildman–Crippen MR) is 94.5 cm³/mol. The number of ether oxygens (including phenoxy) is 2. The van der Waals surface area contributed by atoms with Crippen molar-refractivity contribution in [1.82, 2.24) is 4.90 Å². The van der Waals surface area contributed by atoms with Gasteiger partial charge in [-0.3, -0.25) is 4.99 Å². The van der Waals surface area contributed by atoms with E-state index in [0.717, 1.165) is 31.1 Å². The number of guanidine groups is 1. The first-order chi connectivity index (χ1) is 11.2. The van der Waals surface area contributed by atoms with Crippen molar-refractivity contribution in [2.24, 2.45) is 16.6 Å². The van der Waals surface area contributed by atoms with E-state index >= 15 is 0 Å². The molecule has 0 bridgehead atoms. The molecule has 0 aliphatic carbocycles. The van der Waals surface area contributed by atoms with Crippen LogP contribution in [-0.4, -0.2) is 51.3 Å². The topological polar surface area (TPSA) is 72.1 Å². The molecule has 2 rings (SSSR count). The van der Waals surface area contributed by atoms with E-state index in [-0.39, 0.29) is 0 Å². The molecule has 1 aliphatic heterocycles. The third-order valence-corrected chi connectivity index (χ3v) is 4.24. The first kappa shape index (κ1) is 17.4. The molecule has 6 nitrogen and oxygen atoms in total. The van der Waals surface area contributed by atoms with E-state index in [1.54, 1.807) is 14.2 Å². The molecule has 3 N–H and O–H groups in total. The fourth-order valence-electron chi connectivity index (χ4n) is 2.90. The van der Waals surface area contributed by atoms with Crippen LogP contribution in [0.4, 0.5) is 5.69 Å². The second-order valence-electron chi connectivity index (χ2n) is 5.82. The number of piperidine rings is 1. The predicted octanol–water partition coefficient (Wildman–Crippen LogP) is 2.16. The lowest BCUT2D eigenvalue weighted by Gasteiger charge is -2.30. The number of rotatable bonds is 6. The molecule has 128 valence electrons. The molecule has 0 aromatic heterocycles. The number of aliphatic imine (C=N–C) groups is 1. The van der Waals surface area contributed by atoms with Gasteiger partial charge in [-0.05, 0) is 44.0 Å². The number of hydrogen-bond acceptors (Lipinski definition) is 4. The standard InChI is InChI=1S/C17H28N4O2/c1-4-21-9-5-6-13(12-21)11-19-17(18)20-15-10-14(22-2)7-8-16(15)23-3/h7-8,10,13H,4-6,9,11-12H2,1-3H3,(H3,18,19,20). The second-order valence-corrected chi connectivity index (χ2v) is 5.82. The molecule has 0 spiro atoms. The summed E-state index contributed by atoms with van der Waals surface area (Å²) in [5.41, 5.74) is 6.79. The van der Waals surface area contributed by atoms with Crippen LogP contribution in [0, 0.1) is 5.92 Å². The third kappa shape index (κ3) is 5.03. The van der Waals surface area contributed by atoms with E-state index in [4.69, 9.17) is 15.2 Å². The first-order valence-electron chi connectivity index (χ1n) is 8.17. The van der Waals surface area contributed by atoms with E-state index in [9.17, 15) is 0 Å².